The molecule has 0 radical (unpaired) electrons. The Hall–Kier alpha value is -1.66. The van der Waals surface area contributed by atoms with Crippen LogP contribution in [0.25, 0.3) is 0 Å². The van der Waals surface area contributed by atoms with E-state index in [0.717, 1.165) is 45.2 Å². The Bertz CT molecular complexity index is 551. The zero-order valence-corrected chi connectivity index (χ0v) is 13.3. The van der Waals surface area contributed by atoms with E-state index >= 15 is 0 Å². The highest BCUT2D eigenvalue weighted by molar-refractivity contribution is 4.93. The van der Waals surface area contributed by atoms with E-state index in [1.54, 1.807) is 7.11 Å². The molecule has 6 nitrogen and oxygen atoms in total. The van der Waals surface area contributed by atoms with Crippen molar-refractivity contribution < 1.29 is 4.74 Å². The van der Waals surface area contributed by atoms with E-state index in [1.807, 2.05) is 24.9 Å². The first kappa shape index (κ1) is 15.2. The van der Waals surface area contributed by atoms with Crippen molar-refractivity contribution in [3.8, 4) is 0 Å². The molecule has 1 saturated heterocycles. The summed E-state index contributed by atoms with van der Waals surface area (Å²) in [6, 6.07) is 0. The van der Waals surface area contributed by atoms with Crippen molar-refractivity contribution in [2.75, 3.05) is 26.8 Å². The van der Waals surface area contributed by atoms with Gasteiger partial charge in [-0.15, -0.1) is 0 Å². The number of imidazole rings is 2. The molecule has 0 unspecified atom stereocenters. The van der Waals surface area contributed by atoms with Crippen molar-refractivity contribution in [2.45, 2.75) is 32.5 Å². The molecule has 6 heteroatoms. The predicted octanol–water partition coefficient (Wildman–Crippen LogP) is 1.64. The minimum atomic E-state index is 0.699. The normalized spacial score (nSPS) is 19.6. The van der Waals surface area contributed by atoms with Crippen LogP contribution in [0, 0.1) is 5.92 Å². The van der Waals surface area contributed by atoms with E-state index in [1.165, 1.54) is 12.8 Å². The molecule has 0 spiro atoms. The van der Waals surface area contributed by atoms with Crippen molar-refractivity contribution in [3.63, 3.8) is 0 Å². The van der Waals surface area contributed by atoms with Gasteiger partial charge in [0.25, 0.3) is 0 Å². The Morgan fingerprint density at radius 3 is 3.09 bits per heavy atom. The number of nitrogens with zero attached hydrogens (tertiary/aromatic N) is 5. The molecule has 2 aromatic heterocycles. The van der Waals surface area contributed by atoms with Gasteiger partial charge >= 0.3 is 0 Å². The van der Waals surface area contributed by atoms with Gasteiger partial charge in [0, 0.05) is 51.5 Å². The number of aromatic nitrogens is 4. The summed E-state index contributed by atoms with van der Waals surface area (Å²) in [5.74, 6) is 1.84. The first-order valence-electron chi connectivity index (χ1n) is 8.02. The van der Waals surface area contributed by atoms with Crippen LogP contribution in [-0.4, -0.2) is 50.8 Å². The van der Waals surface area contributed by atoms with Crippen molar-refractivity contribution in [1.29, 1.82) is 0 Å². The largest absolute Gasteiger partial charge is 0.383 e. The zero-order chi connectivity index (χ0) is 15.2. The van der Waals surface area contributed by atoms with Crippen molar-refractivity contribution in [3.05, 3.63) is 36.9 Å². The molecule has 0 amide bonds. The van der Waals surface area contributed by atoms with Gasteiger partial charge in [0.15, 0.2) is 0 Å². The Morgan fingerprint density at radius 1 is 1.32 bits per heavy atom. The van der Waals surface area contributed by atoms with Crippen LogP contribution in [0.2, 0.25) is 0 Å². The molecule has 1 aliphatic heterocycles. The lowest BCUT2D eigenvalue weighted by molar-refractivity contribution is 0.148. The SMILES string of the molecule is COCCn1ccnc1CN1CCC[C@H](Cn2ccnc2)C1. The maximum atomic E-state index is 5.17. The van der Waals surface area contributed by atoms with Gasteiger partial charge in [-0.05, 0) is 25.3 Å². The van der Waals surface area contributed by atoms with Crippen molar-refractivity contribution in [2.24, 2.45) is 5.92 Å². The fraction of sp³-hybridized carbons (Fsp3) is 0.625. The molecule has 0 saturated carbocycles. The summed E-state index contributed by atoms with van der Waals surface area (Å²) < 4.78 is 9.55. The Labute approximate surface area is 131 Å². The first-order chi connectivity index (χ1) is 10.8. The highest BCUT2D eigenvalue weighted by Gasteiger charge is 2.21. The van der Waals surface area contributed by atoms with Gasteiger partial charge in [-0.25, -0.2) is 9.97 Å². The number of rotatable bonds is 7. The molecular formula is C16H25N5O. The third kappa shape index (κ3) is 3.96. The third-order valence-electron chi connectivity index (χ3n) is 4.33. The number of hydrogen-bond donors (Lipinski definition) is 0. The van der Waals surface area contributed by atoms with Crippen LogP contribution in [0.5, 0.6) is 0 Å². The van der Waals surface area contributed by atoms with Gasteiger partial charge in [-0.1, -0.05) is 0 Å². The van der Waals surface area contributed by atoms with Crippen LogP contribution in [0.15, 0.2) is 31.1 Å². The quantitative estimate of drug-likeness (QED) is 0.780. The van der Waals surface area contributed by atoms with Crippen LogP contribution >= 0.6 is 0 Å². The summed E-state index contributed by atoms with van der Waals surface area (Å²) in [7, 11) is 1.74. The lowest BCUT2D eigenvalue weighted by Gasteiger charge is -2.32. The molecule has 1 atom stereocenters. The minimum Gasteiger partial charge on any atom is -0.383 e. The monoisotopic (exact) mass is 303 g/mol. The fourth-order valence-corrected chi connectivity index (χ4v) is 3.22. The highest BCUT2D eigenvalue weighted by Crippen LogP contribution is 2.19. The molecule has 0 aliphatic carbocycles. The number of piperidine rings is 1. The molecule has 120 valence electrons. The van der Waals surface area contributed by atoms with Crippen LogP contribution in [0.1, 0.15) is 18.7 Å². The zero-order valence-electron chi connectivity index (χ0n) is 13.3. The average molecular weight is 303 g/mol. The van der Waals surface area contributed by atoms with Crippen LogP contribution in [0.4, 0.5) is 0 Å². The first-order valence-corrected chi connectivity index (χ1v) is 8.02. The van der Waals surface area contributed by atoms with Gasteiger partial charge in [0.2, 0.25) is 0 Å². The third-order valence-corrected chi connectivity index (χ3v) is 4.33. The molecular weight excluding hydrogens is 278 g/mol. The summed E-state index contributed by atoms with van der Waals surface area (Å²) in [6.45, 7) is 5.89. The Morgan fingerprint density at radius 2 is 2.27 bits per heavy atom. The maximum absolute atomic E-state index is 5.17. The highest BCUT2D eigenvalue weighted by atomic mass is 16.5. The van der Waals surface area contributed by atoms with Gasteiger partial charge in [0.1, 0.15) is 5.82 Å². The van der Waals surface area contributed by atoms with Crippen LogP contribution in [0.3, 0.4) is 0 Å². The second-order valence-electron chi connectivity index (χ2n) is 6.03. The molecule has 22 heavy (non-hydrogen) atoms. The molecule has 2 aromatic rings. The minimum absolute atomic E-state index is 0.699. The van der Waals surface area contributed by atoms with E-state index in [-0.39, 0.29) is 0 Å². The lowest BCUT2D eigenvalue weighted by Crippen LogP contribution is -2.37. The molecule has 0 aromatic carbocycles. The van der Waals surface area contributed by atoms with Crippen molar-refractivity contribution in [1.82, 2.24) is 24.0 Å². The second-order valence-corrected chi connectivity index (χ2v) is 6.03. The van der Waals surface area contributed by atoms with E-state index in [9.17, 15) is 0 Å². The standard InChI is InChI=1S/C16H25N5O/c1-22-10-9-21-8-5-18-16(21)13-19-6-2-3-15(11-19)12-20-7-4-17-14-20/h4-5,7-8,14-15H,2-3,6,9-13H2,1H3/t15-/m0/s1. The van der Waals surface area contributed by atoms with Crippen LogP contribution < -0.4 is 0 Å². The molecule has 0 bridgehead atoms. The molecule has 1 fully saturated rings. The molecule has 1 aliphatic rings. The summed E-state index contributed by atoms with van der Waals surface area (Å²) in [6.07, 6.45) is 12.3. The van der Waals surface area contributed by atoms with Gasteiger partial charge in [0.05, 0.1) is 19.5 Å². The van der Waals surface area contributed by atoms with E-state index < -0.39 is 0 Å². The summed E-state index contributed by atoms with van der Waals surface area (Å²) in [4.78, 5) is 11.2. The van der Waals surface area contributed by atoms with Crippen LogP contribution in [-0.2, 0) is 24.4 Å². The van der Waals surface area contributed by atoms with Gasteiger partial charge in [-0.3, -0.25) is 4.90 Å². The average Bonchev–Trinajstić information content (AvgIpc) is 3.18. The number of likely N-dealkylation sites (tertiary alicyclic amines) is 1. The molecule has 0 N–H and O–H groups in total. The number of hydrogen-bond acceptors (Lipinski definition) is 4. The van der Waals surface area contributed by atoms with E-state index in [0.29, 0.717) is 5.92 Å². The second kappa shape index (κ2) is 7.56. The van der Waals surface area contributed by atoms with Crippen molar-refractivity contribution >= 4 is 0 Å². The topological polar surface area (TPSA) is 48.1 Å². The fourth-order valence-electron chi connectivity index (χ4n) is 3.22. The Balaban J connectivity index is 1.55. The lowest BCUT2D eigenvalue weighted by atomic mass is 9.98. The number of methoxy groups -OCH3 is 1. The predicted molar refractivity (Wildman–Crippen MR) is 84.3 cm³/mol. The van der Waals surface area contributed by atoms with E-state index in [4.69, 9.17) is 4.74 Å². The molecule has 3 heterocycles. The van der Waals surface area contributed by atoms with E-state index in [2.05, 4.69) is 30.2 Å². The Kier molecular flexibility index (Phi) is 5.24. The van der Waals surface area contributed by atoms with Gasteiger partial charge < -0.3 is 13.9 Å². The maximum Gasteiger partial charge on any atom is 0.122 e. The number of ether oxygens (including phenoxy) is 1. The molecule has 3 rings (SSSR count). The smallest absolute Gasteiger partial charge is 0.122 e. The summed E-state index contributed by atoms with van der Waals surface area (Å²) in [5.41, 5.74) is 0. The summed E-state index contributed by atoms with van der Waals surface area (Å²) >= 11 is 0. The summed E-state index contributed by atoms with van der Waals surface area (Å²) in [5, 5.41) is 0. The van der Waals surface area contributed by atoms with Gasteiger partial charge in [-0.2, -0.15) is 0 Å².